The summed E-state index contributed by atoms with van der Waals surface area (Å²) in [5.41, 5.74) is 5.42. The topological polar surface area (TPSA) is 26.5 Å². The van der Waals surface area contributed by atoms with Crippen molar-refractivity contribution >= 4 is 59.0 Å². The van der Waals surface area contributed by atoms with Gasteiger partial charge in [-0.3, -0.25) is 4.40 Å². The Hall–Kier alpha value is -3.89. The van der Waals surface area contributed by atoms with Gasteiger partial charge in [0.25, 0.3) is 0 Å². The zero-order valence-electron chi connectivity index (χ0n) is 17.4. The van der Waals surface area contributed by atoms with Gasteiger partial charge in [-0.15, -0.1) is 11.3 Å². The normalized spacial score (nSPS) is 11.9. The Kier molecular flexibility index (Phi) is 3.64. The summed E-state index contributed by atoms with van der Waals surface area (Å²) in [6, 6.07) is 32.1. The summed E-state index contributed by atoms with van der Waals surface area (Å²) in [6.07, 6.45) is 0. The second-order valence-corrected chi connectivity index (χ2v) is 9.07. The van der Waals surface area contributed by atoms with E-state index in [-0.39, 0.29) is 0 Å². The van der Waals surface area contributed by atoms with E-state index in [0.717, 1.165) is 33.7 Å². The molecule has 0 N–H and O–H groups in total. The van der Waals surface area contributed by atoms with E-state index in [0.29, 0.717) is 0 Å². The van der Waals surface area contributed by atoms with Crippen LogP contribution < -0.4 is 4.74 Å². The summed E-state index contributed by atoms with van der Waals surface area (Å²) < 4.78 is 10.2. The molecule has 32 heavy (non-hydrogen) atoms. The van der Waals surface area contributed by atoms with Gasteiger partial charge >= 0.3 is 0 Å². The predicted octanol–water partition coefficient (Wildman–Crippen LogP) is 7.68. The van der Waals surface area contributed by atoms with Gasteiger partial charge in [0.2, 0.25) is 0 Å². The van der Waals surface area contributed by atoms with Gasteiger partial charge in [-0.05, 0) is 64.9 Å². The molecule has 7 aromatic rings. The average molecular weight is 431 g/mol. The van der Waals surface area contributed by atoms with E-state index >= 15 is 0 Å². The number of pyridine rings is 1. The standard InChI is InChI=1S/C28H18N2OS/c1-31-19-13-10-18(11-14-19)24-16-21-26-20-7-3-2-6-17(20)12-15-25(26)32-27(21)28-29-22-8-4-5-9-23(22)30(24)28/h2-16H,1H3. The molecule has 0 aliphatic carbocycles. The number of thiophene rings is 1. The fourth-order valence-electron chi connectivity index (χ4n) is 4.79. The van der Waals surface area contributed by atoms with Crippen molar-refractivity contribution in [2.24, 2.45) is 0 Å². The third kappa shape index (κ3) is 2.38. The molecule has 0 spiro atoms. The SMILES string of the molecule is COc1ccc(-c2cc3c(sc4ccc5ccccc5c43)c3nc4ccccc4n23)cc1. The monoisotopic (exact) mass is 430 g/mol. The lowest BCUT2D eigenvalue weighted by molar-refractivity contribution is 0.415. The van der Waals surface area contributed by atoms with Crippen LogP contribution in [0.3, 0.4) is 0 Å². The number of nitrogens with zero attached hydrogens (tertiary/aromatic N) is 2. The largest absolute Gasteiger partial charge is 0.497 e. The fraction of sp³-hybridized carbons (Fsp3) is 0.0357. The lowest BCUT2D eigenvalue weighted by Gasteiger charge is -2.10. The maximum absolute atomic E-state index is 5.39. The van der Waals surface area contributed by atoms with Crippen molar-refractivity contribution in [3.05, 3.63) is 91.0 Å². The Bertz CT molecular complexity index is 1810. The number of ether oxygens (including phenoxy) is 1. The van der Waals surface area contributed by atoms with Crippen LogP contribution in [0.5, 0.6) is 5.75 Å². The van der Waals surface area contributed by atoms with Crippen LogP contribution in [0.1, 0.15) is 0 Å². The molecule has 3 heterocycles. The minimum atomic E-state index is 0.855. The maximum atomic E-state index is 5.39. The van der Waals surface area contributed by atoms with Gasteiger partial charge in [0.15, 0.2) is 5.65 Å². The quantitative estimate of drug-likeness (QED) is 0.281. The Morgan fingerprint density at radius 2 is 1.62 bits per heavy atom. The predicted molar refractivity (Wildman–Crippen MR) is 135 cm³/mol. The van der Waals surface area contributed by atoms with Crippen LogP contribution in [0.15, 0.2) is 91.0 Å². The molecule has 0 radical (unpaired) electrons. The molecule has 0 bridgehead atoms. The second-order valence-electron chi connectivity index (χ2n) is 8.02. The van der Waals surface area contributed by atoms with E-state index in [9.17, 15) is 0 Å². The van der Waals surface area contributed by atoms with Gasteiger partial charge in [0.05, 0.1) is 28.5 Å². The van der Waals surface area contributed by atoms with Crippen LogP contribution >= 0.6 is 11.3 Å². The first kappa shape index (κ1) is 17.8. The van der Waals surface area contributed by atoms with Crippen molar-refractivity contribution in [2.75, 3.05) is 7.11 Å². The Morgan fingerprint density at radius 3 is 2.50 bits per heavy atom. The lowest BCUT2D eigenvalue weighted by atomic mass is 10.0. The summed E-state index contributed by atoms with van der Waals surface area (Å²) in [4.78, 5) is 5.09. The molecule has 0 saturated carbocycles. The van der Waals surface area contributed by atoms with Gasteiger partial charge in [0, 0.05) is 15.5 Å². The second kappa shape index (κ2) is 6.55. The van der Waals surface area contributed by atoms with Crippen LogP contribution in [0.2, 0.25) is 0 Å². The highest BCUT2D eigenvalue weighted by Crippen LogP contribution is 2.43. The Morgan fingerprint density at radius 1 is 0.812 bits per heavy atom. The highest BCUT2D eigenvalue weighted by atomic mass is 32.1. The Balaban J connectivity index is 1.71. The summed E-state index contributed by atoms with van der Waals surface area (Å²) >= 11 is 1.83. The number of hydrogen-bond acceptors (Lipinski definition) is 3. The third-order valence-corrected chi connectivity index (χ3v) is 7.46. The number of benzene rings is 4. The molecule has 4 heteroatoms. The molecule has 0 aliphatic heterocycles. The van der Waals surface area contributed by atoms with Gasteiger partial charge in [-0.2, -0.15) is 0 Å². The minimum absolute atomic E-state index is 0.855. The van der Waals surface area contributed by atoms with Gasteiger partial charge < -0.3 is 4.74 Å². The molecular weight excluding hydrogens is 412 g/mol. The Labute approximate surface area is 188 Å². The molecule has 0 aliphatic rings. The number of fused-ring (bicyclic) bond motifs is 9. The van der Waals surface area contributed by atoms with Crippen molar-refractivity contribution in [2.45, 2.75) is 0 Å². The van der Waals surface area contributed by atoms with E-state index in [1.807, 2.05) is 23.5 Å². The van der Waals surface area contributed by atoms with Crippen LogP contribution in [0.4, 0.5) is 0 Å². The van der Waals surface area contributed by atoms with Gasteiger partial charge in [-0.1, -0.05) is 42.5 Å². The van der Waals surface area contributed by atoms with Crippen LogP contribution in [0.25, 0.3) is 58.9 Å². The number of aromatic nitrogens is 2. The van der Waals surface area contributed by atoms with Crippen LogP contribution in [-0.2, 0) is 0 Å². The number of methoxy groups -OCH3 is 1. The summed E-state index contributed by atoms with van der Waals surface area (Å²) in [5.74, 6) is 0.855. The number of para-hydroxylation sites is 2. The van der Waals surface area contributed by atoms with E-state index in [4.69, 9.17) is 9.72 Å². The van der Waals surface area contributed by atoms with Gasteiger partial charge in [0.1, 0.15) is 5.75 Å². The summed E-state index contributed by atoms with van der Waals surface area (Å²) in [5, 5.41) is 5.12. The average Bonchev–Trinajstić information content (AvgIpc) is 3.42. The van der Waals surface area contributed by atoms with Crippen molar-refractivity contribution in [3.8, 4) is 17.0 Å². The fourth-order valence-corrected chi connectivity index (χ4v) is 5.97. The summed E-state index contributed by atoms with van der Waals surface area (Å²) in [6.45, 7) is 0. The summed E-state index contributed by atoms with van der Waals surface area (Å²) in [7, 11) is 1.70. The molecule has 7 rings (SSSR count). The first-order valence-electron chi connectivity index (χ1n) is 10.6. The zero-order chi connectivity index (χ0) is 21.2. The van der Waals surface area contributed by atoms with Crippen molar-refractivity contribution < 1.29 is 4.74 Å². The number of imidazole rings is 1. The van der Waals surface area contributed by atoms with Crippen molar-refractivity contribution in [1.29, 1.82) is 0 Å². The molecule has 3 nitrogen and oxygen atoms in total. The molecule has 0 fully saturated rings. The maximum Gasteiger partial charge on any atom is 0.156 e. The van der Waals surface area contributed by atoms with Crippen molar-refractivity contribution in [3.63, 3.8) is 0 Å². The van der Waals surface area contributed by atoms with Gasteiger partial charge in [-0.25, -0.2) is 4.98 Å². The first-order chi connectivity index (χ1) is 15.8. The van der Waals surface area contributed by atoms with E-state index in [1.54, 1.807) is 7.11 Å². The van der Waals surface area contributed by atoms with Crippen LogP contribution in [-0.4, -0.2) is 16.5 Å². The smallest absolute Gasteiger partial charge is 0.156 e. The third-order valence-electron chi connectivity index (χ3n) is 6.29. The molecule has 0 atom stereocenters. The number of hydrogen-bond donors (Lipinski definition) is 0. The van der Waals surface area contributed by atoms with E-state index < -0.39 is 0 Å². The molecule has 3 aromatic heterocycles. The molecule has 0 unspecified atom stereocenters. The zero-order valence-corrected chi connectivity index (χ0v) is 18.2. The van der Waals surface area contributed by atoms with E-state index in [2.05, 4.69) is 83.3 Å². The molecule has 0 amide bonds. The number of rotatable bonds is 2. The highest BCUT2D eigenvalue weighted by Gasteiger charge is 2.18. The molecule has 4 aromatic carbocycles. The van der Waals surface area contributed by atoms with E-state index in [1.165, 1.54) is 30.9 Å². The lowest BCUT2D eigenvalue weighted by Crippen LogP contribution is -1.93. The molecule has 152 valence electrons. The molecular formula is C28H18N2OS. The van der Waals surface area contributed by atoms with Crippen molar-refractivity contribution in [1.82, 2.24) is 9.38 Å². The minimum Gasteiger partial charge on any atom is -0.497 e. The van der Waals surface area contributed by atoms with Crippen LogP contribution in [0, 0.1) is 0 Å². The molecule has 0 saturated heterocycles. The highest BCUT2D eigenvalue weighted by molar-refractivity contribution is 7.26. The first-order valence-corrected chi connectivity index (χ1v) is 11.4.